The maximum atomic E-state index is 13.2. The van der Waals surface area contributed by atoms with Gasteiger partial charge in [-0.3, -0.25) is 9.88 Å². The van der Waals surface area contributed by atoms with Crippen molar-refractivity contribution in [1.82, 2.24) is 9.88 Å². The molecular formula is C21H23F3N2O. The molecular weight excluding hydrogens is 353 g/mol. The van der Waals surface area contributed by atoms with E-state index in [9.17, 15) is 13.2 Å². The minimum Gasteiger partial charge on any atom is -0.369 e. The molecule has 1 aromatic heterocycles. The monoisotopic (exact) mass is 376 g/mol. The highest BCUT2D eigenvalue weighted by atomic mass is 19.4. The van der Waals surface area contributed by atoms with E-state index in [0.29, 0.717) is 12.3 Å². The molecule has 2 aromatic rings. The summed E-state index contributed by atoms with van der Waals surface area (Å²) in [5.41, 5.74) is 1.08. The van der Waals surface area contributed by atoms with Gasteiger partial charge >= 0.3 is 6.18 Å². The number of hydrogen-bond donors (Lipinski definition) is 0. The molecule has 27 heavy (non-hydrogen) atoms. The standard InChI is InChI=1S/C21H23F3N2O/c22-21(23,24)18-6-2-1-4-16(18)12-17-5-3-7-19(25-17)20-14-26(10-11-27-20)13-15-8-9-15/h1-7,15,20H,8-14H2/t20-/m1/s1. The van der Waals surface area contributed by atoms with Crippen molar-refractivity contribution >= 4 is 0 Å². The Morgan fingerprint density at radius 2 is 1.89 bits per heavy atom. The number of rotatable bonds is 5. The van der Waals surface area contributed by atoms with Crippen molar-refractivity contribution in [3.63, 3.8) is 0 Å². The van der Waals surface area contributed by atoms with E-state index in [1.54, 1.807) is 12.1 Å². The van der Waals surface area contributed by atoms with Crippen LogP contribution in [-0.2, 0) is 17.3 Å². The average molecular weight is 376 g/mol. The quantitative estimate of drug-likeness (QED) is 0.770. The Morgan fingerprint density at radius 1 is 1.07 bits per heavy atom. The van der Waals surface area contributed by atoms with Crippen LogP contribution in [0.5, 0.6) is 0 Å². The highest BCUT2D eigenvalue weighted by Gasteiger charge is 2.33. The SMILES string of the molecule is FC(F)(F)c1ccccc1Cc1cccc([C@H]2CN(CC3CC3)CCO2)n1. The first-order valence-corrected chi connectivity index (χ1v) is 9.44. The van der Waals surface area contributed by atoms with E-state index in [2.05, 4.69) is 9.88 Å². The lowest BCUT2D eigenvalue weighted by molar-refractivity contribution is -0.138. The molecule has 3 nitrogen and oxygen atoms in total. The van der Waals surface area contributed by atoms with Gasteiger partial charge < -0.3 is 4.74 Å². The van der Waals surface area contributed by atoms with Crippen molar-refractivity contribution in [1.29, 1.82) is 0 Å². The Balaban J connectivity index is 1.50. The van der Waals surface area contributed by atoms with Gasteiger partial charge in [-0.2, -0.15) is 13.2 Å². The number of aromatic nitrogens is 1. The summed E-state index contributed by atoms with van der Waals surface area (Å²) < 4.78 is 45.6. The number of nitrogens with zero attached hydrogens (tertiary/aromatic N) is 2. The van der Waals surface area contributed by atoms with Gasteiger partial charge in [-0.15, -0.1) is 0 Å². The second-order valence-corrected chi connectivity index (χ2v) is 7.45. The van der Waals surface area contributed by atoms with Crippen LogP contribution in [0.25, 0.3) is 0 Å². The Hall–Kier alpha value is -1.92. The number of morpholine rings is 1. The van der Waals surface area contributed by atoms with E-state index in [1.165, 1.54) is 25.0 Å². The maximum Gasteiger partial charge on any atom is 0.416 e. The van der Waals surface area contributed by atoms with Crippen LogP contribution in [0.2, 0.25) is 0 Å². The number of alkyl halides is 3. The lowest BCUT2D eigenvalue weighted by atomic mass is 10.0. The van der Waals surface area contributed by atoms with E-state index in [0.717, 1.165) is 37.3 Å². The van der Waals surface area contributed by atoms with Crippen LogP contribution in [0.4, 0.5) is 13.2 Å². The van der Waals surface area contributed by atoms with Crippen LogP contribution >= 0.6 is 0 Å². The topological polar surface area (TPSA) is 25.4 Å². The molecule has 0 N–H and O–H groups in total. The van der Waals surface area contributed by atoms with Crippen molar-refractivity contribution in [2.24, 2.45) is 5.92 Å². The summed E-state index contributed by atoms with van der Waals surface area (Å²) in [6.07, 6.45) is -1.69. The van der Waals surface area contributed by atoms with Crippen LogP contribution < -0.4 is 0 Å². The Bertz CT molecular complexity index is 789. The molecule has 6 heteroatoms. The summed E-state index contributed by atoms with van der Waals surface area (Å²) >= 11 is 0. The van der Waals surface area contributed by atoms with Crippen LogP contribution in [0.1, 0.15) is 41.5 Å². The van der Waals surface area contributed by atoms with Gasteiger partial charge in [0.25, 0.3) is 0 Å². The minimum atomic E-state index is -4.36. The second-order valence-electron chi connectivity index (χ2n) is 7.45. The third-order valence-electron chi connectivity index (χ3n) is 5.22. The van der Waals surface area contributed by atoms with Gasteiger partial charge in [-0.1, -0.05) is 24.3 Å². The fourth-order valence-electron chi connectivity index (χ4n) is 3.63. The van der Waals surface area contributed by atoms with Crippen LogP contribution in [-0.4, -0.2) is 36.1 Å². The molecule has 1 saturated carbocycles. The van der Waals surface area contributed by atoms with Gasteiger partial charge in [0, 0.05) is 31.7 Å². The summed E-state index contributed by atoms with van der Waals surface area (Å²) in [7, 11) is 0. The first-order chi connectivity index (χ1) is 13.0. The van der Waals surface area contributed by atoms with Gasteiger partial charge in [-0.05, 0) is 42.5 Å². The third-order valence-corrected chi connectivity index (χ3v) is 5.22. The van der Waals surface area contributed by atoms with Crippen molar-refractivity contribution in [3.8, 4) is 0 Å². The zero-order valence-corrected chi connectivity index (χ0v) is 15.1. The number of hydrogen-bond acceptors (Lipinski definition) is 3. The van der Waals surface area contributed by atoms with Crippen molar-refractivity contribution < 1.29 is 17.9 Å². The molecule has 0 spiro atoms. The zero-order valence-electron chi connectivity index (χ0n) is 15.1. The summed E-state index contributed by atoms with van der Waals surface area (Å²) in [5, 5.41) is 0. The van der Waals surface area contributed by atoms with Gasteiger partial charge in [-0.25, -0.2) is 0 Å². The summed E-state index contributed by atoms with van der Waals surface area (Å²) in [6, 6.07) is 11.2. The lowest BCUT2D eigenvalue weighted by Crippen LogP contribution is -2.39. The molecule has 0 radical (unpaired) electrons. The second kappa shape index (κ2) is 7.60. The zero-order chi connectivity index (χ0) is 18.9. The molecule has 0 unspecified atom stereocenters. The molecule has 0 bridgehead atoms. The molecule has 1 aliphatic carbocycles. The molecule has 144 valence electrons. The van der Waals surface area contributed by atoms with E-state index in [-0.39, 0.29) is 18.1 Å². The first-order valence-electron chi connectivity index (χ1n) is 9.44. The summed E-state index contributed by atoms with van der Waals surface area (Å²) in [4.78, 5) is 7.04. The molecule has 1 saturated heterocycles. The normalized spacial score (nSPS) is 21.4. The molecule has 2 heterocycles. The number of halogens is 3. The van der Waals surface area contributed by atoms with E-state index < -0.39 is 11.7 Å². The summed E-state index contributed by atoms with van der Waals surface area (Å²) in [6.45, 7) is 3.51. The highest BCUT2D eigenvalue weighted by molar-refractivity contribution is 5.33. The molecule has 0 amide bonds. The Labute approximate surface area is 157 Å². The van der Waals surface area contributed by atoms with Crippen molar-refractivity contribution in [3.05, 3.63) is 65.0 Å². The fraction of sp³-hybridized carbons (Fsp3) is 0.476. The number of pyridine rings is 1. The van der Waals surface area contributed by atoms with Gasteiger partial charge in [0.05, 0.1) is 17.9 Å². The largest absolute Gasteiger partial charge is 0.416 e. The molecule has 1 atom stereocenters. The van der Waals surface area contributed by atoms with Crippen LogP contribution in [0.15, 0.2) is 42.5 Å². The third kappa shape index (κ3) is 4.68. The average Bonchev–Trinajstić information content (AvgIpc) is 3.46. The first kappa shape index (κ1) is 18.4. The van der Waals surface area contributed by atoms with Crippen LogP contribution in [0, 0.1) is 5.92 Å². The molecule has 4 rings (SSSR count). The highest BCUT2D eigenvalue weighted by Crippen LogP contribution is 2.33. The number of benzene rings is 1. The van der Waals surface area contributed by atoms with Gasteiger partial charge in [0.1, 0.15) is 6.10 Å². The van der Waals surface area contributed by atoms with Crippen molar-refractivity contribution in [2.75, 3.05) is 26.2 Å². The molecule has 1 aliphatic heterocycles. The minimum absolute atomic E-state index is 0.115. The predicted molar refractivity (Wildman–Crippen MR) is 96.3 cm³/mol. The lowest BCUT2D eigenvalue weighted by Gasteiger charge is -2.32. The van der Waals surface area contributed by atoms with Gasteiger partial charge in [0.15, 0.2) is 0 Å². The Kier molecular flexibility index (Phi) is 5.19. The summed E-state index contributed by atoms with van der Waals surface area (Å²) in [5.74, 6) is 0.821. The van der Waals surface area contributed by atoms with E-state index in [1.807, 2.05) is 12.1 Å². The maximum absolute atomic E-state index is 13.2. The van der Waals surface area contributed by atoms with Crippen LogP contribution in [0.3, 0.4) is 0 Å². The molecule has 2 aliphatic rings. The predicted octanol–water partition coefficient (Wildman–Crippen LogP) is 4.47. The Morgan fingerprint density at radius 3 is 2.67 bits per heavy atom. The van der Waals surface area contributed by atoms with Gasteiger partial charge in [0.2, 0.25) is 0 Å². The molecule has 2 fully saturated rings. The van der Waals surface area contributed by atoms with Crippen molar-refractivity contribution in [2.45, 2.75) is 31.5 Å². The smallest absolute Gasteiger partial charge is 0.369 e. The molecule has 1 aromatic carbocycles. The number of ether oxygens (including phenoxy) is 1. The van der Waals surface area contributed by atoms with E-state index in [4.69, 9.17) is 4.74 Å². The fourth-order valence-corrected chi connectivity index (χ4v) is 3.63. The van der Waals surface area contributed by atoms with E-state index >= 15 is 0 Å².